The molecule has 1 amide bonds. The van der Waals surface area contributed by atoms with Gasteiger partial charge in [-0.3, -0.25) is 9.79 Å². The molecule has 2 aliphatic heterocycles. The molecule has 1 fully saturated rings. The lowest BCUT2D eigenvalue weighted by molar-refractivity contribution is -0.131. The van der Waals surface area contributed by atoms with Crippen LogP contribution in [0.3, 0.4) is 0 Å². The molecule has 4 nitrogen and oxygen atoms in total. The van der Waals surface area contributed by atoms with Crippen molar-refractivity contribution in [1.29, 1.82) is 0 Å². The van der Waals surface area contributed by atoms with Gasteiger partial charge in [-0.1, -0.05) is 0 Å². The Morgan fingerprint density at radius 1 is 1.32 bits per heavy atom. The molecule has 3 rings (SSSR count). The van der Waals surface area contributed by atoms with Crippen LogP contribution in [0.15, 0.2) is 17.1 Å². The van der Waals surface area contributed by atoms with E-state index < -0.39 is 11.6 Å². The highest BCUT2D eigenvalue weighted by Gasteiger charge is 2.25. The van der Waals surface area contributed by atoms with Crippen molar-refractivity contribution in [3.8, 4) is 0 Å². The summed E-state index contributed by atoms with van der Waals surface area (Å²) in [5, 5.41) is 2.97. The van der Waals surface area contributed by atoms with Gasteiger partial charge < -0.3 is 10.2 Å². The largest absolute Gasteiger partial charge is 0.335 e. The molecule has 0 radical (unpaired) electrons. The first-order valence-corrected chi connectivity index (χ1v) is 6.17. The fraction of sp³-hybridized carbons (Fsp3) is 0.385. The summed E-state index contributed by atoms with van der Waals surface area (Å²) < 4.78 is 27.1. The molecular weight excluding hydrogens is 252 g/mol. The van der Waals surface area contributed by atoms with Gasteiger partial charge in [-0.05, 0) is 12.1 Å². The van der Waals surface area contributed by atoms with Crippen LogP contribution in [0.4, 0.5) is 14.5 Å². The van der Waals surface area contributed by atoms with Crippen LogP contribution in [0.25, 0.3) is 0 Å². The van der Waals surface area contributed by atoms with Gasteiger partial charge in [-0.2, -0.15) is 0 Å². The Kier molecular flexibility index (Phi) is 3.02. The summed E-state index contributed by atoms with van der Waals surface area (Å²) in [7, 11) is 0. The number of hydrogen-bond donors (Lipinski definition) is 1. The zero-order chi connectivity index (χ0) is 13.4. The molecule has 0 aliphatic carbocycles. The lowest BCUT2D eigenvalue weighted by Crippen LogP contribution is -2.49. The summed E-state index contributed by atoms with van der Waals surface area (Å²) >= 11 is 0. The van der Waals surface area contributed by atoms with E-state index in [-0.39, 0.29) is 23.6 Å². The first kappa shape index (κ1) is 12.2. The normalized spacial score (nSPS) is 18.5. The predicted octanol–water partition coefficient (Wildman–Crippen LogP) is 1.03. The van der Waals surface area contributed by atoms with Gasteiger partial charge in [0.1, 0.15) is 17.3 Å². The highest BCUT2D eigenvalue weighted by molar-refractivity contribution is 5.97. The maximum Gasteiger partial charge on any atom is 0.236 e. The van der Waals surface area contributed by atoms with Crippen molar-refractivity contribution in [2.45, 2.75) is 6.42 Å². The lowest BCUT2D eigenvalue weighted by Gasteiger charge is -2.27. The number of carbonyl (C=O) groups excluding carboxylic acids is 1. The van der Waals surface area contributed by atoms with Crippen molar-refractivity contribution >= 4 is 17.3 Å². The SMILES string of the molecule is O=C1CNCCN1CC1=Nc2c(F)ccc(F)c2C1. The average Bonchev–Trinajstić information content (AvgIpc) is 2.82. The number of fused-ring (bicyclic) bond motifs is 1. The van der Waals surface area contributed by atoms with Crippen molar-refractivity contribution < 1.29 is 13.6 Å². The molecule has 1 saturated heterocycles. The number of benzene rings is 1. The Morgan fingerprint density at radius 3 is 2.84 bits per heavy atom. The highest BCUT2D eigenvalue weighted by Crippen LogP contribution is 2.31. The van der Waals surface area contributed by atoms with Crippen LogP contribution in [0, 0.1) is 11.6 Å². The molecule has 0 aromatic heterocycles. The Balaban J connectivity index is 1.79. The molecular formula is C13H13F2N3O. The second-order valence-corrected chi connectivity index (χ2v) is 4.70. The number of hydrogen-bond acceptors (Lipinski definition) is 3. The molecule has 6 heteroatoms. The summed E-state index contributed by atoms with van der Waals surface area (Å²) in [6.07, 6.45) is 0.274. The molecule has 0 unspecified atom stereocenters. The third-order valence-corrected chi connectivity index (χ3v) is 3.39. The summed E-state index contributed by atoms with van der Waals surface area (Å²) in [5.74, 6) is -0.967. The standard InChI is InChI=1S/C13H13F2N3O/c14-10-1-2-11(15)13-9(10)5-8(17-13)7-18-4-3-16-6-12(18)19/h1-2,16H,3-7H2. The van der Waals surface area contributed by atoms with E-state index in [4.69, 9.17) is 0 Å². The van der Waals surface area contributed by atoms with Gasteiger partial charge in [-0.15, -0.1) is 0 Å². The highest BCUT2D eigenvalue weighted by atomic mass is 19.1. The van der Waals surface area contributed by atoms with E-state index in [9.17, 15) is 13.6 Å². The summed E-state index contributed by atoms with van der Waals surface area (Å²) in [6, 6.07) is 2.19. The van der Waals surface area contributed by atoms with E-state index in [1.807, 2.05) is 0 Å². The van der Waals surface area contributed by atoms with E-state index >= 15 is 0 Å². The predicted molar refractivity (Wildman–Crippen MR) is 66.6 cm³/mol. The van der Waals surface area contributed by atoms with E-state index in [2.05, 4.69) is 10.3 Å². The molecule has 0 spiro atoms. The third kappa shape index (κ3) is 2.23. The van der Waals surface area contributed by atoms with Gasteiger partial charge in [0.15, 0.2) is 0 Å². The minimum Gasteiger partial charge on any atom is -0.335 e. The fourth-order valence-electron chi connectivity index (χ4n) is 2.40. The second kappa shape index (κ2) is 4.70. The lowest BCUT2D eigenvalue weighted by atomic mass is 10.1. The zero-order valence-corrected chi connectivity index (χ0v) is 10.2. The van der Waals surface area contributed by atoms with Gasteiger partial charge in [0.25, 0.3) is 0 Å². The molecule has 0 saturated carbocycles. The van der Waals surface area contributed by atoms with Gasteiger partial charge in [0, 0.05) is 30.8 Å². The first-order chi connectivity index (χ1) is 9.15. The molecule has 1 aromatic rings. The number of rotatable bonds is 2. The van der Waals surface area contributed by atoms with Crippen molar-refractivity contribution in [2.75, 3.05) is 26.2 Å². The van der Waals surface area contributed by atoms with Crippen LogP contribution in [-0.2, 0) is 11.2 Å². The number of nitrogens with one attached hydrogen (secondary N) is 1. The smallest absolute Gasteiger partial charge is 0.236 e. The molecule has 2 heterocycles. The van der Waals surface area contributed by atoms with Crippen LogP contribution in [0.5, 0.6) is 0 Å². The topological polar surface area (TPSA) is 44.7 Å². The third-order valence-electron chi connectivity index (χ3n) is 3.39. The minimum atomic E-state index is -0.516. The molecule has 19 heavy (non-hydrogen) atoms. The Labute approximate surface area is 109 Å². The molecule has 0 bridgehead atoms. The summed E-state index contributed by atoms with van der Waals surface area (Å²) in [5.41, 5.74) is 1.00. The van der Waals surface area contributed by atoms with Crippen molar-refractivity contribution in [1.82, 2.24) is 10.2 Å². The summed E-state index contributed by atoms with van der Waals surface area (Å²) in [6.45, 7) is 1.98. The van der Waals surface area contributed by atoms with Crippen LogP contribution < -0.4 is 5.32 Å². The summed E-state index contributed by atoms with van der Waals surface area (Å²) in [4.78, 5) is 17.4. The second-order valence-electron chi connectivity index (χ2n) is 4.70. The Morgan fingerprint density at radius 2 is 2.11 bits per heavy atom. The maximum atomic E-state index is 13.6. The first-order valence-electron chi connectivity index (χ1n) is 6.17. The van der Waals surface area contributed by atoms with E-state index in [1.165, 1.54) is 0 Å². The van der Waals surface area contributed by atoms with Crippen molar-refractivity contribution in [2.24, 2.45) is 4.99 Å². The van der Waals surface area contributed by atoms with Gasteiger partial charge in [0.2, 0.25) is 5.91 Å². The van der Waals surface area contributed by atoms with E-state index in [1.54, 1.807) is 4.90 Å². The minimum absolute atomic E-state index is 0.00847. The molecule has 0 atom stereocenters. The number of piperazine rings is 1. The van der Waals surface area contributed by atoms with Crippen LogP contribution in [0.2, 0.25) is 0 Å². The van der Waals surface area contributed by atoms with Crippen molar-refractivity contribution in [3.05, 3.63) is 29.3 Å². The van der Waals surface area contributed by atoms with Crippen LogP contribution in [0.1, 0.15) is 5.56 Å². The molecule has 2 aliphatic rings. The number of aliphatic imine (C=N–C) groups is 1. The molecule has 1 aromatic carbocycles. The number of halogens is 2. The van der Waals surface area contributed by atoms with Crippen LogP contribution in [-0.4, -0.2) is 42.7 Å². The quantitative estimate of drug-likeness (QED) is 0.868. The molecule has 100 valence electrons. The van der Waals surface area contributed by atoms with E-state index in [0.717, 1.165) is 18.7 Å². The Hall–Kier alpha value is -1.82. The van der Waals surface area contributed by atoms with Gasteiger partial charge >= 0.3 is 0 Å². The monoisotopic (exact) mass is 265 g/mol. The number of amides is 1. The van der Waals surface area contributed by atoms with Gasteiger partial charge in [0.05, 0.1) is 13.1 Å². The maximum absolute atomic E-state index is 13.6. The van der Waals surface area contributed by atoms with Gasteiger partial charge in [-0.25, -0.2) is 8.78 Å². The number of carbonyl (C=O) groups is 1. The van der Waals surface area contributed by atoms with Crippen LogP contribution >= 0.6 is 0 Å². The van der Waals surface area contributed by atoms with Crippen molar-refractivity contribution in [3.63, 3.8) is 0 Å². The number of nitrogens with zero attached hydrogens (tertiary/aromatic N) is 2. The fourth-order valence-corrected chi connectivity index (χ4v) is 2.40. The molecule has 1 N–H and O–H groups in total. The Bertz CT molecular complexity index is 571. The zero-order valence-electron chi connectivity index (χ0n) is 10.2. The van der Waals surface area contributed by atoms with E-state index in [0.29, 0.717) is 25.3 Å². The average molecular weight is 265 g/mol.